The number of hydroxylamine groups is 2. The largest absolute Gasteiger partial charge is 0.357 e. The molecule has 0 aliphatic carbocycles. The maximum absolute atomic E-state index is 11.1. The maximum Gasteiger partial charge on any atom is 0.234 e. The van der Waals surface area contributed by atoms with Crippen LogP contribution in [0, 0.1) is 0 Å². The Hall–Kier alpha value is -1.81. The minimum Gasteiger partial charge on any atom is -0.357 e. The normalized spacial score (nSPS) is 14.5. The second-order valence-electron chi connectivity index (χ2n) is 4.79. The number of fused-ring (bicyclic) bond motifs is 1. The molecular weight excluding hydrogens is 366 g/mol. The van der Waals surface area contributed by atoms with Crippen LogP contribution in [0.4, 0.5) is 0 Å². The molecule has 27 heavy (non-hydrogen) atoms. The monoisotopic (exact) mass is 401 g/mol. The van der Waals surface area contributed by atoms with Crippen LogP contribution in [0.5, 0.6) is 0 Å². The Morgan fingerprint density at radius 3 is 2.59 bits per heavy atom. The van der Waals surface area contributed by atoms with Crippen molar-refractivity contribution >= 4 is 24.2 Å². The molecule has 1 atom stereocenters. The maximum atomic E-state index is 11.1. The second-order valence-corrected chi connectivity index (χ2v) is 5.67. The van der Waals surface area contributed by atoms with Crippen molar-refractivity contribution < 1.29 is 14.4 Å². The number of rotatable bonds is 8. The van der Waals surface area contributed by atoms with Crippen molar-refractivity contribution in [1.29, 1.82) is 0 Å². The summed E-state index contributed by atoms with van der Waals surface area (Å²) in [6, 6.07) is -0.0753. The van der Waals surface area contributed by atoms with Crippen LogP contribution in [0.15, 0.2) is 18.2 Å². The molecule has 8 nitrogen and oxygen atoms in total. The highest BCUT2D eigenvalue weighted by Gasteiger charge is 2.30. The van der Waals surface area contributed by atoms with Gasteiger partial charge in [0.2, 0.25) is 12.8 Å². The summed E-state index contributed by atoms with van der Waals surface area (Å²) in [6.45, 7) is 14.6. The third kappa shape index (κ3) is 10.8. The van der Waals surface area contributed by atoms with Gasteiger partial charge in [0.25, 0.3) is 0 Å². The van der Waals surface area contributed by atoms with Crippen LogP contribution < -0.4 is 11.1 Å². The van der Waals surface area contributed by atoms with Crippen molar-refractivity contribution in [3.63, 3.8) is 0 Å². The first-order valence-electron chi connectivity index (χ1n) is 9.13. The molecule has 2 heterocycles. The molecular formula is C18H35N5O3S. The van der Waals surface area contributed by atoms with Gasteiger partial charge in [0.05, 0.1) is 22.7 Å². The highest BCUT2D eigenvalue weighted by Crippen LogP contribution is 2.32. The number of thiazole rings is 1. The number of nitrogens with two attached hydrogens (primary N) is 1. The lowest BCUT2D eigenvalue weighted by Gasteiger charge is -2.33. The smallest absolute Gasteiger partial charge is 0.234 e. The van der Waals surface area contributed by atoms with E-state index in [2.05, 4.69) is 21.8 Å². The van der Waals surface area contributed by atoms with Crippen LogP contribution in [-0.2, 0) is 21.0 Å². The molecule has 1 aliphatic heterocycles. The van der Waals surface area contributed by atoms with Crippen LogP contribution in [0.3, 0.4) is 0 Å². The van der Waals surface area contributed by atoms with Gasteiger partial charge >= 0.3 is 0 Å². The lowest BCUT2D eigenvalue weighted by molar-refractivity contribution is -0.185. The second kappa shape index (κ2) is 19.0. The third-order valence-electron chi connectivity index (χ3n) is 3.00. The summed E-state index contributed by atoms with van der Waals surface area (Å²) in [5, 5.41) is 3.75. The summed E-state index contributed by atoms with van der Waals surface area (Å²) in [6.07, 6.45) is 2.97. The van der Waals surface area contributed by atoms with Gasteiger partial charge in [-0.2, -0.15) is 0 Å². The van der Waals surface area contributed by atoms with Gasteiger partial charge < -0.3 is 11.1 Å². The summed E-state index contributed by atoms with van der Waals surface area (Å²) in [4.78, 5) is 33.4. The molecule has 0 bridgehead atoms. The molecule has 2 amide bonds. The fourth-order valence-electron chi connectivity index (χ4n) is 2.04. The van der Waals surface area contributed by atoms with Crippen LogP contribution in [0.1, 0.15) is 44.3 Å². The van der Waals surface area contributed by atoms with Crippen molar-refractivity contribution in [3.05, 3.63) is 28.7 Å². The van der Waals surface area contributed by atoms with E-state index >= 15 is 0 Å². The van der Waals surface area contributed by atoms with E-state index < -0.39 is 0 Å². The van der Waals surface area contributed by atoms with Gasteiger partial charge in [-0.05, 0) is 7.05 Å². The summed E-state index contributed by atoms with van der Waals surface area (Å²) in [5.74, 6) is 0. The van der Waals surface area contributed by atoms with E-state index in [-0.39, 0.29) is 6.04 Å². The SMILES string of the molecule is C=CCON(C=O)[C@H]1CN(C)Cc2ncsc21.CC.CC.NCCNC=O. The number of likely N-dealkylation sites (N-methyl/N-ethyl adjacent to an activating group) is 1. The van der Waals surface area contributed by atoms with Crippen LogP contribution in [0.25, 0.3) is 0 Å². The minimum absolute atomic E-state index is 0.0753. The zero-order chi connectivity index (χ0) is 21.1. The summed E-state index contributed by atoms with van der Waals surface area (Å²) in [5.41, 5.74) is 7.84. The Morgan fingerprint density at radius 2 is 2.11 bits per heavy atom. The van der Waals surface area contributed by atoms with Gasteiger partial charge in [0.1, 0.15) is 6.04 Å². The number of hydrogen-bond donors (Lipinski definition) is 2. The molecule has 1 aliphatic rings. The molecule has 156 valence electrons. The molecule has 3 N–H and O–H groups in total. The fraction of sp³-hybridized carbons (Fsp3) is 0.611. The first-order chi connectivity index (χ1) is 13.2. The van der Waals surface area contributed by atoms with Crippen LogP contribution >= 0.6 is 11.3 Å². The topological polar surface area (TPSA) is 101 Å². The molecule has 0 unspecified atom stereocenters. The Kier molecular flexibility index (Phi) is 19.3. The molecule has 0 radical (unpaired) electrons. The molecule has 0 aromatic carbocycles. The molecule has 9 heteroatoms. The van der Waals surface area contributed by atoms with Gasteiger partial charge in [0, 0.05) is 26.2 Å². The van der Waals surface area contributed by atoms with E-state index in [0.717, 1.165) is 30.1 Å². The Balaban J connectivity index is 0. The highest BCUT2D eigenvalue weighted by molar-refractivity contribution is 7.09. The number of carbonyl (C=O) groups excluding carboxylic acids is 2. The quantitative estimate of drug-likeness (QED) is 0.299. The van der Waals surface area contributed by atoms with E-state index in [0.29, 0.717) is 26.1 Å². The van der Waals surface area contributed by atoms with Crippen molar-refractivity contribution in [2.24, 2.45) is 5.73 Å². The fourth-order valence-corrected chi connectivity index (χ4v) is 2.92. The number of nitrogens with zero attached hydrogens (tertiary/aromatic N) is 3. The van der Waals surface area contributed by atoms with E-state index in [4.69, 9.17) is 10.6 Å². The minimum atomic E-state index is -0.0753. The van der Waals surface area contributed by atoms with Crippen molar-refractivity contribution in [3.8, 4) is 0 Å². The van der Waals surface area contributed by atoms with E-state index in [1.807, 2.05) is 40.3 Å². The predicted molar refractivity (Wildman–Crippen MR) is 111 cm³/mol. The average Bonchev–Trinajstić information content (AvgIpc) is 3.18. The molecule has 0 saturated heterocycles. The van der Waals surface area contributed by atoms with E-state index in [9.17, 15) is 9.59 Å². The number of hydrogen-bond acceptors (Lipinski definition) is 7. The lowest BCUT2D eigenvalue weighted by atomic mass is 10.1. The number of amides is 2. The van der Waals surface area contributed by atoms with Gasteiger partial charge in [-0.1, -0.05) is 33.8 Å². The molecule has 1 aromatic rings. The highest BCUT2D eigenvalue weighted by atomic mass is 32.1. The molecule has 0 fully saturated rings. The molecule has 0 saturated carbocycles. The summed E-state index contributed by atoms with van der Waals surface area (Å²) >= 11 is 1.57. The summed E-state index contributed by atoms with van der Waals surface area (Å²) in [7, 11) is 2.01. The van der Waals surface area contributed by atoms with E-state index in [1.165, 1.54) is 5.06 Å². The van der Waals surface area contributed by atoms with Crippen molar-refractivity contribution in [1.82, 2.24) is 20.3 Å². The zero-order valence-corrected chi connectivity index (χ0v) is 18.0. The first-order valence-corrected chi connectivity index (χ1v) is 10.0. The van der Waals surface area contributed by atoms with Crippen molar-refractivity contribution in [2.45, 2.75) is 40.3 Å². The lowest BCUT2D eigenvalue weighted by Crippen LogP contribution is -2.39. The Morgan fingerprint density at radius 1 is 1.44 bits per heavy atom. The Bertz CT molecular complexity index is 499. The van der Waals surface area contributed by atoms with Crippen LogP contribution in [0.2, 0.25) is 0 Å². The zero-order valence-electron chi connectivity index (χ0n) is 17.2. The first kappa shape index (κ1) is 27.4. The molecule has 0 spiro atoms. The van der Waals surface area contributed by atoms with Gasteiger partial charge in [-0.3, -0.25) is 19.3 Å². The third-order valence-corrected chi connectivity index (χ3v) is 3.98. The van der Waals surface area contributed by atoms with Gasteiger partial charge in [-0.25, -0.2) is 10.0 Å². The molecule has 2 rings (SSSR count). The van der Waals surface area contributed by atoms with Crippen molar-refractivity contribution in [2.75, 3.05) is 33.3 Å². The van der Waals surface area contributed by atoms with Gasteiger partial charge in [0.15, 0.2) is 0 Å². The van der Waals surface area contributed by atoms with Crippen LogP contribution in [-0.4, -0.2) is 61.1 Å². The number of aromatic nitrogens is 1. The number of carbonyl (C=O) groups is 2. The number of nitrogens with one attached hydrogen (secondary N) is 1. The molecule has 1 aromatic heterocycles. The standard InChI is InChI=1S/C11H15N3O2S.C3H8N2O.2C2H6/c1-3-4-16-14(8-15)10-6-13(2)5-9-11(10)17-7-12-9;4-1-2-5-3-6;2*1-2/h3,7-8,10H,1,4-6H2,2H3;3H,1-2,4H2,(H,5,6);2*1-2H3/t10-;;;/m0.../s1. The Labute approximate surface area is 167 Å². The van der Waals surface area contributed by atoms with E-state index in [1.54, 1.807) is 17.4 Å². The van der Waals surface area contributed by atoms with Gasteiger partial charge in [-0.15, -0.1) is 17.9 Å². The summed E-state index contributed by atoms with van der Waals surface area (Å²) < 4.78 is 0. The average molecular weight is 402 g/mol. The predicted octanol–water partition coefficient (Wildman–Crippen LogP) is 1.95.